The summed E-state index contributed by atoms with van der Waals surface area (Å²) in [5.41, 5.74) is 1.03. The quantitative estimate of drug-likeness (QED) is 0.777. The minimum Gasteiger partial charge on any atom is -0.507 e. The van der Waals surface area contributed by atoms with Gasteiger partial charge < -0.3 is 9.67 Å². The summed E-state index contributed by atoms with van der Waals surface area (Å²) >= 11 is 1.73. The van der Waals surface area contributed by atoms with Crippen LogP contribution in [0.2, 0.25) is 0 Å². The second kappa shape index (κ2) is 3.81. The number of phenols is 1. The van der Waals surface area contributed by atoms with Gasteiger partial charge in [-0.15, -0.1) is 11.8 Å². The van der Waals surface area contributed by atoms with Gasteiger partial charge >= 0.3 is 0 Å². The van der Waals surface area contributed by atoms with Gasteiger partial charge in [0, 0.05) is 12.3 Å². The number of pyridine rings is 1. The summed E-state index contributed by atoms with van der Waals surface area (Å²) < 4.78 is 1.80. The van der Waals surface area contributed by atoms with Gasteiger partial charge in [0.25, 0.3) is 5.56 Å². The van der Waals surface area contributed by atoms with Gasteiger partial charge in [-0.05, 0) is 30.4 Å². The van der Waals surface area contributed by atoms with Crippen LogP contribution >= 0.6 is 11.8 Å². The maximum Gasteiger partial charge on any atom is 0.263 e. The fraction of sp³-hybridized carbons (Fsp3) is 0.308. The van der Waals surface area contributed by atoms with Gasteiger partial charge in [0.1, 0.15) is 5.75 Å². The third-order valence-corrected chi connectivity index (χ3v) is 4.53. The second-order valence-electron chi connectivity index (χ2n) is 4.29. The van der Waals surface area contributed by atoms with Crippen LogP contribution in [0, 0.1) is 6.92 Å². The van der Waals surface area contributed by atoms with Gasteiger partial charge in [0.2, 0.25) is 0 Å². The van der Waals surface area contributed by atoms with Crippen LogP contribution in [0.3, 0.4) is 0 Å². The Morgan fingerprint density at radius 1 is 1.41 bits per heavy atom. The predicted molar refractivity (Wildman–Crippen MR) is 70.0 cm³/mol. The first-order valence-electron chi connectivity index (χ1n) is 5.68. The standard InChI is InChI=1S/C13H13NO2S/c1-8-9-4-2-5-10(15)11(9)12(16)14-6-3-7-17-13(8)14/h2,4-5,15H,3,6-7H2,1H3. The van der Waals surface area contributed by atoms with Crippen molar-refractivity contribution in [1.29, 1.82) is 0 Å². The van der Waals surface area contributed by atoms with E-state index in [9.17, 15) is 9.90 Å². The molecule has 0 amide bonds. The number of aryl methyl sites for hydroxylation is 1. The first-order chi connectivity index (χ1) is 8.20. The molecule has 0 saturated carbocycles. The Kier molecular flexibility index (Phi) is 2.40. The molecule has 0 bridgehead atoms. The van der Waals surface area contributed by atoms with Crippen LogP contribution in [0.4, 0.5) is 0 Å². The molecule has 0 radical (unpaired) electrons. The molecule has 88 valence electrons. The first-order valence-corrected chi connectivity index (χ1v) is 6.66. The third-order valence-electron chi connectivity index (χ3n) is 3.24. The summed E-state index contributed by atoms with van der Waals surface area (Å²) in [6, 6.07) is 5.27. The summed E-state index contributed by atoms with van der Waals surface area (Å²) in [7, 11) is 0. The topological polar surface area (TPSA) is 42.2 Å². The molecular formula is C13H13NO2S. The number of benzene rings is 1. The van der Waals surface area contributed by atoms with Crippen molar-refractivity contribution in [3.63, 3.8) is 0 Å². The fourth-order valence-corrected chi connectivity index (χ4v) is 3.53. The Balaban J connectivity index is 2.52. The number of aromatic hydroxyl groups is 1. The van der Waals surface area contributed by atoms with E-state index in [0.29, 0.717) is 5.39 Å². The first kappa shape index (κ1) is 10.7. The average Bonchev–Trinajstić information content (AvgIpc) is 2.36. The van der Waals surface area contributed by atoms with Gasteiger partial charge in [-0.3, -0.25) is 4.79 Å². The normalized spacial score (nSPS) is 14.9. The zero-order valence-electron chi connectivity index (χ0n) is 9.56. The monoisotopic (exact) mass is 247 g/mol. The van der Waals surface area contributed by atoms with Crippen molar-refractivity contribution in [1.82, 2.24) is 4.57 Å². The van der Waals surface area contributed by atoms with E-state index in [1.807, 2.05) is 13.0 Å². The van der Waals surface area contributed by atoms with E-state index in [-0.39, 0.29) is 11.3 Å². The van der Waals surface area contributed by atoms with E-state index in [0.717, 1.165) is 34.7 Å². The summed E-state index contributed by atoms with van der Waals surface area (Å²) in [4.78, 5) is 12.3. The molecule has 3 nitrogen and oxygen atoms in total. The molecule has 0 unspecified atom stereocenters. The van der Waals surface area contributed by atoms with Crippen molar-refractivity contribution in [2.75, 3.05) is 5.75 Å². The molecule has 1 aromatic carbocycles. The lowest BCUT2D eigenvalue weighted by Gasteiger charge is -2.21. The average molecular weight is 247 g/mol. The maximum atomic E-state index is 12.3. The van der Waals surface area contributed by atoms with Crippen LogP contribution in [-0.2, 0) is 6.54 Å². The highest BCUT2D eigenvalue weighted by atomic mass is 32.2. The molecular weight excluding hydrogens is 234 g/mol. The lowest BCUT2D eigenvalue weighted by molar-refractivity contribution is 0.479. The van der Waals surface area contributed by atoms with Crippen molar-refractivity contribution >= 4 is 22.5 Å². The number of nitrogens with zero attached hydrogens (tertiary/aromatic N) is 1. The molecule has 3 rings (SSSR count). The summed E-state index contributed by atoms with van der Waals surface area (Å²) in [5.74, 6) is 1.14. The van der Waals surface area contributed by atoms with Crippen molar-refractivity contribution in [2.24, 2.45) is 0 Å². The van der Waals surface area contributed by atoms with Gasteiger partial charge in [0.05, 0.1) is 10.4 Å². The number of phenolic OH excluding ortho intramolecular Hbond substituents is 1. The molecule has 2 heterocycles. The highest BCUT2D eigenvalue weighted by Gasteiger charge is 2.18. The molecule has 0 saturated heterocycles. The molecule has 4 heteroatoms. The van der Waals surface area contributed by atoms with E-state index in [4.69, 9.17) is 0 Å². The lowest BCUT2D eigenvalue weighted by atomic mass is 10.1. The molecule has 2 aromatic rings. The van der Waals surface area contributed by atoms with Crippen molar-refractivity contribution in [2.45, 2.75) is 24.9 Å². The molecule has 1 N–H and O–H groups in total. The van der Waals surface area contributed by atoms with Gasteiger partial charge in [-0.2, -0.15) is 0 Å². The smallest absolute Gasteiger partial charge is 0.263 e. The molecule has 17 heavy (non-hydrogen) atoms. The number of hydrogen-bond donors (Lipinski definition) is 1. The fourth-order valence-electron chi connectivity index (χ4n) is 2.40. The van der Waals surface area contributed by atoms with Crippen LogP contribution in [0.15, 0.2) is 28.0 Å². The van der Waals surface area contributed by atoms with E-state index in [1.165, 1.54) is 0 Å². The van der Waals surface area contributed by atoms with Crippen molar-refractivity contribution in [3.8, 4) is 5.75 Å². The van der Waals surface area contributed by atoms with Crippen LogP contribution in [0.1, 0.15) is 12.0 Å². The Labute approximate surface area is 103 Å². The summed E-state index contributed by atoms with van der Waals surface area (Å²) in [6.07, 6.45) is 1.01. The molecule has 1 aliphatic rings. The Hall–Kier alpha value is -1.42. The summed E-state index contributed by atoms with van der Waals surface area (Å²) in [5, 5.41) is 12.2. The number of fused-ring (bicyclic) bond motifs is 2. The van der Waals surface area contributed by atoms with E-state index < -0.39 is 0 Å². The highest BCUT2D eigenvalue weighted by molar-refractivity contribution is 7.99. The molecule has 0 fully saturated rings. The largest absolute Gasteiger partial charge is 0.507 e. The molecule has 1 aliphatic heterocycles. The van der Waals surface area contributed by atoms with Crippen LogP contribution < -0.4 is 5.56 Å². The Morgan fingerprint density at radius 2 is 2.24 bits per heavy atom. The number of aromatic nitrogens is 1. The minimum atomic E-state index is -0.0640. The Morgan fingerprint density at radius 3 is 3.06 bits per heavy atom. The van der Waals surface area contributed by atoms with E-state index in [2.05, 4.69) is 0 Å². The van der Waals surface area contributed by atoms with Crippen LogP contribution in [0.5, 0.6) is 5.75 Å². The van der Waals surface area contributed by atoms with Gasteiger partial charge in [-0.25, -0.2) is 0 Å². The predicted octanol–water partition coefficient (Wildman–Crippen LogP) is 2.51. The molecule has 0 atom stereocenters. The number of rotatable bonds is 0. The number of thioether (sulfide) groups is 1. The molecule has 0 spiro atoms. The SMILES string of the molecule is Cc1c2n(c(=O)c3c(O)cccc13)CCCS2. The van der Waals surface area contributed by atoms with Gasteiger partial charge in [-0.1, -0.05) is 12.1 Å². The van der Waals surface area contributed by atoms with E-state index >= 15 is 0 Å². The van der Waals surface area contributed by atoms with Crippen LogP contribution in [-0.4, -0.2) is 15.4 Å². The minimum absolute atomic E-state index is 0.0640. The maximum absolute atomic E-state index is 12.3. The third kappa shape index (κ3) is 1.47. The second-order valence-corrected chi connectivity index (χ2v) is 5.37. The van der Waals surface area contributed by atoms with E-state index in [1.54, 1.807) is 28.5 Å². The van der Waals surface area contributed by atoms with Crippen molar-refractivity contribution < 1.29 is 5.11 Å². The lowest BCUT2D eigenvalue weighted by Crippen LogP contribution is -2.26. The molecule has 1 aromatic heterocycles. The molecule has 0 aliphatic carbocycles. The van der Waals surface area contributed by atoms with Crippen molar-refractivity contribution in [3.05, 3.63) is 34.1 Å². The van der Waals surface area contributed by atoms with Crippen LogP contribution in [0.25, 0.3) is 10.8 Å². The highest BCUT2D eigenvalue weighted by Crippen LogP contribution is 2.32. The van der Waals surface area contributed by atoms with Gasteiger partial charge in [0.15, 0.2) is 0 Å². The zero-order valence-corrected chi connectivity index (χ0v) is 10.4. The Bertz CT molecular complexity index is 660. The zero-order chi connectivity index (χ0) is 12.0. The summed E-state index contributed by atoms with van der Waals surface area (Å²) in [6.45, 7) is 2.78. The number of hydrogen-bond acceptors (Lipinski definition) is 3.